The molecule has 0 radical (unpaired) electrons. The monoisotopic (exact) mass is 355 g/mol. The summed E-state index contributed by atoms with van der Waals surface area (Å²) in [4.78, 5) is 10.1. The summed E-state index contributed by atoms with van der Waals surface area (Å²) in [5.41, 5.74) is -0.777. The van der Waals surface area contributed by atoms with Gasteiger partial charge in [-0.3, -0.25) is 0 Å². The highest BCUT2D eigenvalue weighted by atomic mass is 35.5. The first kappa shape index (κ1) is 18.2. The van der Waals surface area contributed by atoms with Crippen LogP contribution in [0.15, 0.2) is 17.0 Å². The van der Waals surface area contributed by atoms with Crippen LogP contribution >= 0.6 is 23.4 Å². The van der Waals surface area contributed by atoms with Crippen LogP contribution in [0.1, 0.15) is 23.7 Å². The summed E-state index contributed by atoms with van der Waals surface area (Å²) in [6, 6.07) is 1.76. The van der Waals surface area contributed by atoms with Crippen LogP contribution in [0, 0.1) is 5.82 Å². The lowest BCUT2D eigenvalue weighted by atomic mass is 10.2. The standard InChI is InChI=1S/C12H15ClFNO4S2/c1-7(20-2)3-4-15-21(18,19)10-6-8(13)5-9(11(10)14)12(16)17/h5-7,15H,3-4H2,1-2H3,(H,16,17). The number of benzene rings is 1. The zero-order chi connectivity index (χ0) is 16.2. The van der Waals surface area contributed by atoms with Gasteiger partial charge in [0.1, 0.15) is 4.90 Å². The van der Waals surface area contributed by atoms with Crippen molar-refractivity contribution in [1.29, 1.82) is 0 Å². The van der Waals surface area contributed by atoms with Crippen LogP contribution < -0.4 is 4.72 Å². The quantitative estimate of drug-likeness (QED) is 0.785. The molecule has 1 atom stereocenters. The van der Waals surface area contributed by atoms with E-state index in [2.05, 4.69) is 4.72 Å². The SMILES string of the molecule is CSC(C)CCNS(=O)(=O)c1cc(Cl)cc(C(=O)O)c1F. The van der Waals surface area contributed by atoms with Crippen LogP contribution in [0.5, 0.6) is 0 Å². The normalized spacial score (nSPS) is 13.1. The Kier molecular flexibility index (Phi) is 6.45. The fourth-order valence-electron chi connectivity index (χ4n) is 1.51. The molecule has 118 valence electrons. The largest absolute Gasteiger partial charge is 0.478 e. The Bertz CT molecular complexity index is 636. The lowest BCUT2D eigenvalue weighted by Crippen LogP contribution is -2.27. The number of hydrogen-bond acceptors (Lipinski definition) is 4. The third kappa shape index (κ3) is 4.84. The van der Waals surface area contributed by atoms with E-state index in [0.717, 1.165) is 12.1 Å². The maximum absolute atomic E-state index is 14.0. The summed E-state index contributed by atoms with van der Waals surface area (Å²) in [6.45, 7) is 2.06. The number of carbonyl (C=O) groups is 1. The van der Waals surface area contributed by atoms with Crippen molar-refractivity contribution in [2.75, 3.05) is 12.8 Å². The fourth-order valence-corrected chi connectivity index (χ4v) is 3.31. The molecule has 0 spiro atoms. The van der Waals surface area contributed by atoms with Crippen molar-refractivity contribution in [2.45, 2.75) is 23.5 Å². The molecule has 0 saturated carbocycles. The van der Waals surface area contributed by atoms with E-state index in [-0.39, 0.29) is 16.8 Å². The number of halogens is 2. The number of hydrogen-bond donors (Lipinski definition) is 2. The summed E-state index contributed by atoms with van der Waals surface area (Å²) in [6.07, 6.45) is 2.46. The van der Waals surface area contributed by atoms with Crippen molar-refractivity contribution in [3.8, 4) is 0 Å². The molecule has 2 N–H and O–H groups in total. The highest BCUT2D eigenvalue weighted by Crippen LogP contribution is 2.24. The molecule has 21 heavy (non-hydrogen) atoms. The third-order valence-corrected chi connectivity index (χ3v) is 5.49. The van der Waals surface area contributed by atoms with Crippen molar-refractivity contribution in [3.63, 3.8) is 0 Å². The lowest BCUT2D eigenvalue weighted by molar-refractivity contribution is 0.0691. The van der Waals surface area contributed by atoms with E-state index in [4.69, 9.17) is 16.7 Å². The van der Waals surface area contributed by atoms with Gasteiger partial charge in [-0.1, -0.05) is 18.5 Å². The molecule has 0 fully saturated rings. The molecule has 0 aliphatic heterocycles. The Morgan fingerprint density at radius 3 is 2.67 bits per heavy atom. The second kappa shape index (κ2) is 7.44. The average molecular weight is 356 g/mol. The Labute approximate surface area is 131 Å². The molecule has 1 aromatic carbocycles. The van der Waals surface area contributed by atoms with E-state index < -0.39 is 32.3 Å². The van der Waals surface area contributed by atoms with E-state index >= 15 is 0 Å². The summed E-state index contributed by atoms with van der Waals surface area (Å²) in [5.74, 6) is -2.90. The number of carboxylic acid groups (broad SMARTS) is 1. The second-order valence-corrected chi connectivity index (χ2v) is 7.75. The van der Waals surface area contributed by atoms with Crippen LogP contribution in [-0.2, 0) is 10.0 Å². The number of aromatic carboxylic acids is 1. The van der Waals surface area contributed by atoms with Crippen LogP contribution in [-0.4, -0.2) is 37.5 Å². The van der Waals surface area contributed by atoms with Gasteiger partial charge in [-0.2, -0.15) is 11.8 Å². The molecule has 0 aliphatic carbocycles. The Balaban J connectivity index is 3.06. The minimum Gasteiger partial charge on any atom is -0.478 e. The molecule has 5 nitrogen and oxygen atoms in total. The molecule has 0 aliphatic rings. The molecular formula is C12H15ClFNO4S2. The predicted octanol–water partition coefficient (Wildman–Crippen LogP) is 2.60. The first-order valence-corrected chi connectivity index (χ1v) is 9.08. The first-order valence-electron chi connectivity index (χ1n) is 5.94. The summed E-state index contributed by atoms with van der Waals surface area (Å²) in [5, 5.41) is 8.93. The van der Waals surface area contributed by atoms with Gasteiger partial charge in [0.05, 0.1) is 5.56 Å². The molecule has 1 aromatic rings. The van der Waals surface area contributed by atoms with E-state index in [0.29, 0.717) is 6.42 Å². The van der Waals surface area contributed by atoms with Gasteiger partial charge in [-0.15, -0.1) is 0 Å². The van der Waals surface area contributed by atoms with Crippen molar-refractivity contribution in [1.82, 2.24) is 4.72 Å². The van der Waals surface area contributed by atoms with E-state index in [9.17, 15) is 17.6 Å². The molecule has 0 amide bonds. The average Bonchev–Trinajstić information content (AvgIpc) is 2.40. The maximum atomic E-state index is 14.0. The summed E-state index contributed by atoms with van der Waals surface area (Å²) < 4.78 is 40.3. The molecule has 0 saturated heterocycles. The molecule has 1 rings (SSSR count). The van der Waals surface area contributed by atoms with E-state index in [1.807, 2.05) is 13.2 Å². The van der Waals surface area contributed by atoms with Gasteiger partial charge in [0.25, 0.3) is 0 Å². The Hall–Kier alpha value is -0.830. The van der Waals surface area contributed by atoms with Crippen LogP contribution in [0.3, 0.4) is 0 Å². The predicted molar refractivity (Wildman–Crippen MR) is 81.2 cm³/mol. The van der Waals surface area contributed by atoms with E-state index in [1.54, 1.807) is 11.8 Å². The van der Waals surface area contributed by atoms with Crippen molar-refractivity contribution in [3.05, 3.63) is 28.5 Å². The minimum atomic E-state index is -4.16. The maximum Gasteiger partial charge on any atom is 0.338 e. The van der Waals surface area contributed by atoms with E-state index in [1.165, 1.54) is 0 Å². The Morgan fingerprint density at radius 1 is 1.52 bits per heavy atom. The lowest BCUT2D eigenvalue weighted by Gasteiger charge is -2.11. The van der Waals surface area contributed by atoms with Crippen molar-refractivity contribution < 1.29 is 22.7 Å². The molecule has 0 aromatic heterocycles. The van der Waals surface area contributed by atoms with Gasteiger partial charge in [-0.05, 0) is 24.8 Å². The number of carboxylic acids is 1. The van der Waals surface area contributed by atoms with Gasteiger partial charge in [0.2, 0.25) is 10.0 Å². The smallest absolute Gasteiger partial charge is 0.338 e. The van der Waals surface area contributed by atoms with Gasteiger partial charge in [0.15, 0.2) is 5.82 Å². The zero-order valence-electron chi connectivity index (χ0n) is 11.4. The molecule has 9 heteroatoms. The van der Waals surface area contributed by atoms with Crippen molar-refractivity contribution >= 4 is 39.4 Å². The molecular weight excluding hydrogens is 341 g/mol. The third-order valence-electron chi connectivity index (χ3n) is 2.77. The van der Waals surface area contributed by atoms with Gasteiger partial charge >= 0.3 is 5.97 Å². The van der Waals surface area contributed by atoms with Crippen LogP contribution in [0.2, 0.25) is 5.02 Å². The minimum absolute atomic E-state index is 0.124. The topological polar surface area (TPSA) is 83.5 Å². The number of thioether (sulfide) groups is 1. The van der Waals surface area contributed by atoms with Gasteiger partial charge in [-0.25, -0.2) is 22.3 Å². The Morgan fingerprint density at radius 2 is 2.14 bits per heavy atom. The van der Waals surface area contributed by atoms with Gasteiger partial charge in [0, 0.05) is 16.8 Å². The van der Waals surface area contributed by atoms with Crippen LogP contribution in [0.25, 0.3) is 0 Å². The van der Waals surface area contributed by atoms with Crippen LogP contribution in [0.4, 0.5) is 4.39 Å². The fraction of sp³-hybridized carbons (Fsp3) is 0.417. The number of nitrogens with one attached hydrogen (secondary N) is 1. The highest BCUT2D eigenvalue weighted by Gasteiger charge is 2.25. The zero-order valence-corrected chi connectivity index (χ0v) is 13.8. The second-order valence-electron chi connectivity index (χ2n) is 4.30. The first-order chi connectivity index (χ1) is 9.69. The number of rotatable bonds is 7. The number of sulfonamides is 1. The molecule has 1 unspecified atom stereocenters. The molecule has 0 heterocycles. The van der Waals surface area contributed by atoms with Gasteiger partial charge < -0.3 is 5.11 Å². The van der Waals surface area contributed by atoms with Crippen molar-refractivity contribution in [2.24, 2.45) is 0 Å². The summed E-state index contributed by atoms with van der Waals surface area (Å²) >= 11 is 7.23. The molecule has 0 bridgehead atoms. The summed E-state index contributed by atoms with van der Waals surface area (Å²) in [7, 11) is -4.16. The highest BCUT2D eigenvalue weighted by molar-refractivity contribution is 7.99.